The van der Waals surface area contributed by atoms with E-state index in [1.54, 1.807) is 37.4 Å². The summed E-state index contributed by atoms with van der Waals surface area (Å²) in [5.74, 6) is 0.578. The number of hydrogen-bond donors (Lipinski definition) is 1. The van der Waals surface area contributed by atoms with Crippen LogP contribution in [0, 0.1) is 0 Å². The number of nitrogens with two attached hydrogens (primary N) is 1. The SMILES string of the molecule is COc1ccc2cc3c(N)nn(C(=O)c4cccc(Cl)c4)c3nc2c1. The molecule has 0 saturated carbocycles. The highest BCUT2D eigenvalue weighted by Gasteiger charge is 2.18. The van der Waals surface area contributed by atoms with Gasteiger partial charge < -0.3 is 10.5 Å². The molecule has 2 aromatic carbocycles. The van der Waals surface area contributed by atoms with Crippen molar-refractivity contribution in [1.82, 2.24) is 14.8 Å². The first-order valence-electron chi connectivity index (χ1n) is 7.50. The van der Waals surface area contributed by atoms with E-state index in [9.17, 15) is 4.79 Å². The third-order valence-corrected chi connectivity index (χ3v) is 4.19. The van der Waals surface area contributed by atoms with Gasteiger partial charge in [-0.05, 0) is 36.4 Å². The molecule has 124 valence electrons. The minimum absolute atomic E-state index is 0.246. The average Bonchev–Trinajstić information content (AvgIpc) is 2.94. The maximum atomic E-state index is 12.8. The smallest absolute Gasteiger partial charge is 0.280 e. The second-order valence-electron chi connectivity index (χ2n) is 5.53. The monoisotopic (exact) mass is 352 g/mol. The van der Waals surface area contributed by atoms with E-state index in [1.807, 2.05) is 18.2 Å². The standard InChI is InChI=1S/C18H13ClN4O2/c1-25-13-6-5-10-8-14-16(20)22-23(17(14)21-15(10)9-13)18(24)11-3-2-4-12(19)7-11/h2-9H,1H3,(H2,20,22). The first-order valence-corrected chi connectivity index (χ1v) is 7.88. The Labute approximate surface area is 147 Å². The Bertz CT molecular complexity index is 1140. The van der Waals surface area contributed by atoms with Gasteiger partial charge in [-0.1, -0.05) is 17.7 Å². The minimum Gasteiger partial charge on any atom is -0.497 e. The Morgan fingerprint density at radius 1 is 1.20 bits per heavy atom. The molecule has 0 aliphatic carbocycles. The number of rotatable bonds is 2. The van der Waals surface area contributed by atoms with Gasteiger partial charge in [0.25, 0.3) is 5.91 Å². The van der Waals surface area contributed by atoms with Crippen molar-refractivity contribution in [3.05, 3.63) is 59.1 Å². The number of nitrogens with zero attached hydrogens (tertiary/aromatic N) is 3. The maximum absolute atomic E-state index is 12.8. The second-order valence-corrected chi connectivity index (χ2v) is 5.97. The van der Waals surface area contributed by atoms with Crippen LogP contribution in [-0.2, 0) is 0 Å². The van der Waals surface area contributed by atoms with Crippen molar-refractivity contribution >= 4 is 45.3 Å². The van der Waals surface area contributed by atoms with Crippen LogP contribution in [-0.4, -0.2) is 27.8 Å². The molecule has 0 amide bonds. The number of pyridine rings is 1. The molecule has 25 heavy (non-hydrogen) atoms. The molecule has 0 unspecified atom stereocenters. The van der Waals surface area contributed by atoms with Gasteiger partial charge in [-0.2, -0.15) is 4.68 Å². The zero-order chi connectivity index (χ0) is 17.6. The summed E-state index contributed by atoms with van der Waals surface area (Å²) < 4.78 is 6.43. The lowest BCUT2D eigenvalue weighted by Crippen LogP contribution is -2.14. The molecule has 0 fully saturated rings. The highest BCUT2D eigenvalue weighted by atomic mass is 35.5. The van der Waals surface area contributed by atoms with Gasteiger partial charge in [-0.25, -0.2) is 4.98 Å². The summed E-state index contributed by atoms with van der Waals surface area (Å²) in [5, 5.41) is 6.14. The minimum atomic E-state index is -0.348. The molecule has 2 N–H and O–H groups in total. The Balaban J connectivity index is 1.94. The molecule has 0 saturated heterocycles. The Morgan fingerprint density at radius 2 is 2.04 bits per heavy atom. The van der Waals surface area contributed by atoms with Gasteiger partial charge in [-0.3, -0.25) is 4.79 Å². The number of hydrogen-bond acceptors (Lipinski definition) is 5. The van der Waals surface area contributed by atoms with Crippen LogP contribution in [0.2, 0.25) is 5.02 Å². The van der Waals surface area contributed by atoms with Crippen LogP contribution in [0.15, 0.2) is 48.5 Å². The van der Waals surface area contributed by atoms with Crippen molar-refractivity contribution in [1.29, 1.82) is 0 Å². The number of nitrogen functional groups attached to an aromatic ring is 1. The first-order chi connectivity index (χ1) is 12.1. The van der Waals surface area contributed by atoms with Gasteiger partial charge in [0.2, 0.25) is 0 Å². The lowest BCUT2D eigenvalue weighted by atomic mass is 10.1. The summed E-state index contributed by atoms with van der Waals surface area (Å²) in [6, 6.07) is 14.0. The average molecular weight is 353 g/mol. The normalized spacial score (nSPS) is 11.1. The summed E-state index contributed by atoms with van der Waals surface area (Å²) in [6.07, 6.45) is 0. The number of carbonyl (C=O) groups excluding carboxylic acids is 1. The molecule has 0 bridgehead atoms. The summed E-state index contributed by atoms with van der Waals surface area (Å²) in [6.45, 7) is 0. The van der Waals surface area contributed by atoms with E-state index in [0.717, 1.165) is 5.39 Å². The van der Waals surface area contributed by atoms with Crippen LogP contribution < -0.4 is 10.5 Å². The third-order valence-electron chi connectivity index (χ3n) is 3.95. The van der Waals surface area contributed by atoms with E-state index in [1.165, 1.54) is 4.68 Å². The fourth-order valence-corrected chi connectivity index (χ4v) is 2.90. The maximum Gasteiger partial charge on any atom is 0.280 e. The predicted octanol–water partition coefficient (Wildman–Crippen LogP) is 3.52. The number of methoxy groups -OCH3 is 1. The highest BCUT2D eigenvalue weighted by Crippen LogP contribution is 2.27. The van der Waals surface area contributed by atoms with E-state index in [-0.39, 0.29) is 11.7 Å². The lowest BCUT2D eigenvalue weighted by Gasteiger charge is -2.04. The molecule has 2 aromatic heterocycles. The molecule has 0 radical (unpaired) electrons. The highest BCUT2D eigenvalue weighted by molar-refractivity contribution is 6.31. The van der Waals surface area contributed by atoms with Crippen molar-refractivity contribution < 1.29 is 9.53 Å². The van der Waals surface area contributed by atoms with E-state index in [4.69, 9.17) is 22.1 Å². The van der Waals surface area contributed by atoms with Gasteiger partial charge in [0.1, 0.15) is 5.75 Å². The van der Waals surface area contributed by atoms with Gasteiger partial charge in [-0.15, -0.1) is 5.10 Å². The fraction of sp³-hybridized carbons (Fsp3) is 0.0556. The predicted molar refractivity (Wildman–Crippen MR) is 97.2 cm³/mol. The molecule has 4 aromatic rings. The summed E-state index contributed by atoms with van der Waals surface area (Å²) in [5.41, 5.74) is 7.48. The molecular formula is C18H13ClN4O2. The van der Waals surface area contributed by atoms with Crippen LogP contribution in [0.5, 0.6) is 5.75 Å². The van der Waals surface area contributed by atoms with Crippen LogP contribution in [0.1, 0.15) is 10.4 Å². The van der Waals surface area contributed by atoms with Crippen LogP contribution >= 0.6 is 11.6 Å². The van der Waals surface area contributed by atoms with E-state index in [2.05, 4.69) is 10.1 Å². The van der Waals surface area contributed by atoms with Crippen molar-refractivity contribution in [2.24, 2.45) is 0 Å². The van der Waals surface area contributed by atoms with Crippen LogP contribution in [0.25, 0.3) is 21.9 Å². The number of carbonyl (C=O) groups is 1. The van der Waals surface area contributed by atoms with Gasteiger partial charge in [0.05, 0.1) is 18.0 Å². The fourth-order valence-electron chi connectivity index (χ4n) is 2.71. The van der Waals surface area contributed by atoms with Crippen molar-refractivity contribution in [2.75, 3.05) is 12.8 Å². The van der Waals surface area contributed by atoms with E-state index < -0.39 is 0 Å². The number of ether oxygens (including phenoxy) is 1. The Kier molecular flexibility index (Phi) is 3.54. The molecule has 0 spiro atoms. The second kappa shape index (κ2) is 5.75. The molecule has 4 rings (SSSR count). The van der Waals surface area contributed by atoms with Crippen molar-refractivity contribution in [3.8, 4) is 5.75 Å². The summed E-state index contributed by atoms with van der Waals surface area (Å²) >= 11 is 5.98. The number of halogens is 1. The molecule has 0 atom stereocenters. The zero-order valence-corrected chi connectivity index (χ0v) is 14.0. The number of aromatic nitrogens is 3. The van der Waals surface area contributed by atoms with Crippen LogP contribution in [0.3, 0.4) is 0 Å². The summed E-state index contributed by atoms with van der Waals surface area (Å²) in [7, 11) is 1.59. The third kappa shape index (κ3) is 2.56. The number of benzene rings is 2. The number of anilines is 1. The molecule has 0 aliphatic heterocycles. The van der Waals surface area contributed by atoms with Gasteiger partial charge in [0.15, 0.2) is 11.5 Å². The number of fused-ring (bicyclic) bond motifs is 2. The van der Waals surface area contributed by atoms with Crippen LogP contribution in [0.4, 0.5) is 5.82 Å². The summed E-state index contributed by atoms with van der Waals surface area (Å²) in [4.78, 5) is 17.4. The largest absolute Gasteiger partial charge is 0.497 e. The van der Waals surface area contributed by atoms with Gasteiger partial charge >= 0.3 is 0 Å². The quantitative estimate of drug-likeness (QED) is 0.596. The van der Waals surface area contributed by atoms with Gasteiger partial charge in [0, 0.05) is 22.0 Å². The topological polar surface area (TPSA) is 83.0 Å². The van der Waals surface area contributed by atoms with E-state index >= 15 is 0 Å². The van der Waals surface area contributed by atoms with Crippen molar-refractivity contribution in [3.63, 3.8) is 0 Å². The van der Waals surface area contributed by atoms with E-state index in [0.29, 0.717) is 32.9 Å². The zero-order valence-electron chi connectivity index (χ0n) is 13.2. The molecule has 0 aliphatic rings. The molecule has 7 heteroatoms. The first kappa shape index (κ1) is 15.4. The lowest BCUT2D eigenvalue weighted by molar-refractivity contribution is 0.0950. The Morgan fingerprint density at radius 3 is 2.80 bits per heavy atom. The molecule has 6 nitrogen and oxygen atoms in total. The molecule has 2 heterocycles. The Hall–Kier alpha value is -3.12. The molecular weight excluding hydrogens is 340 g/mol. The van der Waals surface area contributed by atoms with Crippen molar-refractivity contribution in [2.45, 2.75) is 0 Å².